The lowest BCUT2D eigenvalue weighted by Gasteiger charge is -2.22. The molecule has 2 aromatic carbocycles. The van der Waals surface area contributed by atoms with Gasteiger partial charge in [0.15, 0.2) is 5.16 Å². The number of amides is 1. The molecule has 6 nitrogen and oxygen atoms in total. The number of carbonyl (C=O) groups excluding carboxylic acids is 1. The molecule has 30 heavy (non-hydrogen) atoms. The van der Waals surface area contributed by atoms with Gasteiger partial charge in [0.2, 0.25) is 5.91 Å². The van der Waals surface area contributed by atoms with Gasteiger partial charge in [0, 0.05) is 12.2 Å². The van der Waals surface area contributed by atoms with E-state index in [2.05, 4.69) is 22.3 Å². The first kappa shape index (κ1) is 21.6. The van der Waals surface area contributed by atoms with E-state index in [9.17, 15) is 4.79 Å². The zero-order valence-electron chi connectivity index (χ0n) is 17.7. The number of anilines is 1. The number of nitriles is 1. The highest BCUT2D eigenvalue weighted by molar-refractivity contribution is 7.99. The SMILES string of the molecule is Cc1cc(C)cc(N(CCC#N)C(=O)CSc2nnc(C)n2-c2ccccc2C)c1. The maximum Gasteiger partial charge on any atom is 0.237 e. The number of nitrogens with zero attached hydrogens (tertiary/aromatic N) is 5. The van der Waals surface area contributed by atoms with Crippen LogP contribution in [-0.4, -0.2) is 33.0 Å². The summed E-state index contributed by atoms with van der Waals surface area (Å²) in [5.74, 6) is 0.926. The van der Waals surface area contributed by atoms with Gasteiger partial charge >= 0.3 is 0 Å². The highest BCUT2D eigenvalue weighted by Gasteiger charge is 2.19. The van der Waals surface area contributed by atoms with Gasteiger partial charge in [-0.15, -0.1) is 10.2 Å². The van der Waals surface area contributed by atoms with E-state index in [0.29, 0.717) is 11.7 Å². The van der Waals surface area contributed by atoms with Crippen molar-refractivity contribution in [2.75, 3.05) is 17.2 Å². The molecule has 1 heterocycles. The number of carbonyl (C=O) groups is 1. The van der Waals surface area contributed by atoms with Crippen LogP contribution in [0.4, 0.5) is 5.69 Å². The number of rotatable bonds is 7. The van der Waals surface area contributed by atoms with E-state index in [1.807, 2.05) is 68.7 Å². The van der Waals surface area contributed by atoms with Crippen LogP contribution >= 0.6 is 11.8 Å². The molecule has 0 aliphatic heterocycles. The van der Waals surface area contributed by atoms with Gasteiger partial charge in [0.25, 0.3) is 0 Å². The van der Waals surface area contributed by atoms with Crippen molar-refractivity contribution >= 4 is 23.4 Å². The lowest BCUT2D eigenvalue weighted by Crippen LogP contribution is -2.33. The molecule has 1 aromatic heterocycles. The maximum atomic E-state index is 13.1. The molecule has 0 atom stereocenters. The lowest BCUT2D eigenvalue weighted by atomic mass is 10.1. The van der Waals surface area contributed by atoms with Crippen LogP contribution in [0, 0.1) is 39.0 Å². The zero-order chi connectivity index (χ0) is 21.7. The molecule has 0 spiro atoms. The summed E-state index contributed by atoms with van der Waals surface area (Å²) in [7, 11) is 0. The normalized spacial score (nSPS) is 10.6. The number of aromatic nitrogens is 3. The first-order valence-electron chi connectivity index (χ1n) is 9.77. The zero-order valence-corrected chi connectivity index (χ0v) is 18.5. The lowest BCUT2D eigenvalue weighted by molar-refractivity contribution is -0.116. The fourth-order valence-corrected chi connectivity index (χ4v) is 4.26. The average Bonchev–Trinajstić information content (AvgIpc) is 3.06. The average molecular weight is 420 g/mol. The number of hydrogen-bond acceptors (Lipinski definition) is 5. The molecule has 0 unspecified atom stereocenters. The van der Waals surface area contributed by atoms with Crippen LogP contribution < -0.4 is 4.90 Å². The summed E-state index contributed by atoms with van der Waals surface area (Å²) in [6.07, 6.45) is 0.280. The Kier molecular flexibility index (Phi) is 6.91. The molecule has 1 amide bonds. The van der Waals surface area contributed by atoms with E-state index in [4.69, 9.17) is 5.26 Å². The summed E-state index contributed by atoms with van der Waals surface area (Å²) in [5, 5.41) is 18.2. The van der Waals surface area contributed by atoms with Gasteiger partial charge in [-0.25, -0.2) is 0 Å². The molecule has 0 saturated heterocycles. The van der Waals surface area contributed by atoms with Crippen LogP contribution in [0.3, 0.4) is 0 Å². The van der Waals surface area contributed by atoms with Crippen molar-refractivity contribution in [1.82, 2.24) is 14.8 Å². The third-order valence-corrected chi connectivity index (χ3v) is 5.66. The van der Waals surface area contributed by atoms with E-state index < -0.39 is 0 Å². The van der Waals surface area contributed by atoms with Crippen molar-refractivity contribution in [2.45, 2.75) is 39.3 Å². The summed E-state index contributed by atoms with van der Waals surface area (Å²) in [4.78, 5) is 14.8. The monoisotopic (exact) mass is 419 g/mol. The number of thioether (sulfide) groups is 1. The van der Waals surface area contributed by atoms with Crippen molar-refractivity contribution in [3.63, 3.8) is 0 Å². The minimum absolute atomic E-state index is 0.0581. The fraction of sp³-hybridized carbons (Fsp3) is 0.304. The standard InChI is InChI=1S/C23H25N5OS/c1-16-12-17(2)14-20(13-16)27(11-7-10-24)22(29)15-30-23-26-25-19(4)28(23)21-9-6-5-8-18(21)3/h5-6,8-9,12-14H,7,11,15H2,1-4H3. The third kappa shape index (κ3) is 4.89. The van der Waals surface area contributed by atoms with Gasteiger partial charge in [-0.05, 0) is 62.6 Å². The van der Waals surface area contributed by atoms with Crippen molar-refractivity contribution in [2.24, 2.45) is 0 Å². The smallest absolute Gasteiger partial charge is 0.237 e. The Morgan fingerprint density at radius 2 is 1.80 bits per heavy atom. The van der Waals surface area contributed by atoms with E-state index in [1.54, 1.807) is 4.90 Å². The highest BCUT2D eigenvalue weighted by atomic mass is 32.2. The summed E-state index contributed by atoms with van der Waals surface area (Å²) in [6, 6.07) is 16.2. The summed E-state index contributed by atoms with van der Waals surface area (Å²) < 4.78 is 1.98. The molecule has 0 N–H and O–H groups in total. The van der Waals surface area contributed by atoms with Crippen molar-refractivity contribution in [1.29, 1.82) is 5.26 Å². The quantitative estimate of drug-likeness (QED) is 0.526. The van der Waals surface area contributed by atoms with Gasteiger partial charge in [-0.2, -0.15) is 5.26 Å². The second-order valence-electron chi connectivity index (χ2n) is 7.24. The Hall–Kier alpha value is -3.11. The minimum Gasteiger partial charge on any atom is -0.311 e. The van der Waals surface area contributed by atoms with Gasteiger partial charge < -0.3 is 4.90 Å². The van der Waals surface area contributed by atoms with Crippen LogP contribution in [0.15, 0.2) is 47.6 Å². The number of hydrogen-bond donors (Lipinski definition) is 0. The van der Waals surface area contributed by atoms with Gasteiger partial charge in [-0.1, -0.05) is 36.0 Å². The highest BCUT2D eigenvalue weighted by Crippen LogP contribution is 2.26. The first-order valence-corrected chi connectivity index (χ1v) is 10.8. The second-order valence-corrected chi connectivity index (χ2v) is 8.18. The van der Waals surface area contributed by atoms with Crippen molar-refractivity contribution < 1.29 is 4.79 Å². The Bertz CT molecular complexity index is 1080. The third-order valence-electron chi connectivity index (χ3n) is 4.74. The van der Waals surface area contributed by atoms with Crippen LogP contribution in [0.5, 0.6) is 0 Å². The predicted octanol–water partition coefficient (Wildman–Crippen LogP) is 4.54. The Morgan fingerprint density at radius 3 is 2.47 bits per heavy atom. The predicted molar refractivity (Wildman–Crippen MR) is 120 cm³/mol. The maximum absolute atomic E-state index is 13.1. The molecule has 0 aliphatic rings. The first-order chi connectivity index (χ1) is 14.4. The van der Waals surface area contributed by atoms with Gasteiger partial charge in [0.1, 0.15) is 5.82 Å². The molecule has 0 bridgehead atoms. The number of benzene rings is 2. The van der Waals surface area contributed by atoms with Crippen LogP contribution in [0.2, 0.25) is 0 Å². The van der Waals surface area contributed by atoms with Crippen molar-refractivity contribution in [3.05, 3.63) is 65.0 Å². The van der Waals surface area contributed by atoms with E-state index in [0.717, 1.165) is 33.9 Å². The number of aryl methyl sites for hydroxylation is 4. The molecule has 0 fully saturated rings. The molecule has 7 heteroatoms. The topological polar surface area (TPSA) is 74.8 Å². The Labute approximate surface area is 181 Å². The molecule has 0 saturated carbocycles. The molecular weight excluding hydrogens is 394 g/mol. The van der Waals surface area contributed by atoms with Crippen LogP contribution in [-0.2, 0) is 4.79 Å². The van der Waals surface area contributed by atoms with Crippen molar-refractivity contribution in [3.8, 4) is 11.8 Å². The van der Waals surface area contributed by atoms with Crippen LogP contribution in [0.1, 0.15) is 28.9 Å². The fourth-order valence-electron chi connectivity index (χ4n) is 3.40. The van der Waals surface area contributed by atoms with Gasteiger partial charge in [0.05, 0.1) is 23.9 Å². The summed E-state index contributed by atoms with van der Waals surface area (Å²) in [6.45, 7) is 8.32. The molecular formula is C23H25N5OS. The minimum atomic E-state index is -0.0581. The Balaban J connectivity index is 1.83. The molecule has 0 aliphatic carbocycles. The van der Waals surface area contributed by atoms with Crippen LogP contribution in [0.25, 0.3) is 5.69 Å². The molecule has 0 radical (unpaired) electrons. The molecule has 3 aromatic rings. The van der Waals surface area contributed by atoms with E-state index in [1.165, 1.54) is 11.8 Å². The van der Waals surface area contributed by atoms with Gasteiger partial charge in [-0.3, -0.25) is 9.36 Å². The molecule has 3 rings (SSSR count). The summed E-state index contributed by atoms with van der Waals surface area (Å²) >= 11 is 1.36. The second kappa shape index (κ2) is 9.59. The van der Waals surface area contributed by atoms with E-state index >= 15 is 0 Å². The largest absolute Gasteiger partial charge is 0.311 e. The van der Waals surface area contributed by atoms with E-state index in [-0.39, 0.29) is 18.1 Å². The Morgan fingerprint density at radius 1 is 1.10 bits per heavy atom. The molecule has 154 valence electrons. The number of para-hydroxylation sites is 1. The summed E-state index contributed by atoms with van der Waals surface area (Å²) in [5.41, 5.74) is 5.11.